The molecule has 0 aromatic heterocycles. The molecule has 0 fully saturated rings. The number of para-hydroxylation sites is 2. The summed E-state index contributed by atoms with van der Waals surface area (Å²) >= 11 is 0. The molecule has 0 radical (unpaired) electrons. The number of benzene rings is 2. The number of hydrogen-bond acceptors (Lipinski definition) is 3. The van der Waals surface area contributed by atoms with E-state index in [2.05, 4.69) is 0 Å². The number of Topliss-reactive ketones (excluding diaryl/α,β-unsaturated/α-hetero) is 1. The predicted molar refractivity (Wildman–Crippen MR) is 67.5 cm³/mol. The van der Waals surface area contributed by atoms with Crippen LogP contribution in [0.4, 0.5) is 0 Å². The summed E-state index contributed by atoms with van der Waals surface area (Å²) in [4.78, 5) is 11.8. The second-order valence-corrected chi connectivity index (χ2v) is 3.67. The first-order chi connectivity index (χ1) is 8.81. The highest BCUT2D eigenvalue weighted by Gasteiger charge is 2.11. The molecule has 0 unspecified atom stereocenters. The summed E-state index contributed by atoms with van der Waals surface area (Å²) in [5, 5.41) is 8.57. The number of hydrogen-bond donors (Lipinski definition) is 0. The molecule has 0 N–H and O–H groups in total. The molecular formula is C15H11NO2. The van der Waals surface area contributed by atoms with E-state index in [1.54, 1.807) is 24.3 Å². The molecule has 0 aliphatic heterocycles. The smallest absolute Gasteiger partial charge is 0.180 e. The van der Waals surface area contributed by atoms with Crippen molar-refractivity contribution in [3.63, 3.8) is 0 Å². The third-order valence-corrected chi connectivity index (χ3v) is 2.40. The molecule has 3 heteroatoms. The first kappa shape index (κ1) is 11.9. The van der Waals surface area contributed by atoms with E-state index < -0.39 is 0 Å². The monoisotopic (exact) mass is 237 g/mol. The van der Waals surface area contributed by atoms with Gasteiger partial charge in [0.2, 0.25) is 0 Å². The number of nitriles is 1. The van der Waals surface area contributed by atoms with Gasteiger partial charge in [0.05, 0.1) is 18.1 Å². The van der Waals surface area contributed by atoms with Crippen LogP contribution < -0.4 is 4.74 Å². The molecule has 3 nitrogen and oxygen atoms in total. The van der Waals surface area contributed by atoms with Crippen LogP contribution in [-0.4, -0.2) is 5.78 Å². The first-order valence-corrected chi connectivity index (χ1v) is 5.53. The van der Waals surface area contributed by atoms with Gasteiger partial charge in [-0.3, -0.25) is 4.79 Å². The normalized spacial score (nSPS) is 9.50. The zero-order valence-corrected chi connectivity index (χ0v) is 9.67. The Morgan fingerprint density at radius 2 is 1.72 bits per heavy atom. The molecule has 2 aromatic rings. The molecule has 0 saturated heterocycles. The van der Waals surface area contributed by atoms with Crippen molar-refractivity contribution >= 4 is 5.78 Å². The van der Waals surface area contributed by atoms with Gasteiger partial charge in [0.1, 0.15) is 11.5 Å². The molecule has 0 bridgehead atoms. The van der Waals surface area contributed by atoms with Crippen molar-refractivity contribution in [2.45, 2.75) is 6.42 Å². The Kier molecular flexibility index (Phi) is 3.72. The van der Waals surface area contributed by atoms with Crippen molar-refractivity contribution < 1.29 is 9.53 Å². The summed E-state index contributed by atoms with van der Waals surface area (Å²) in [6.45, 7) is 0. The molecule has 0 atom stereocenters. The van der Waals surface area contributed by atoms with Gasteiger partial charge in [-0.1, -0.05) is 30.3 Å². The van der Waals surface area contributed by atoms with Crippen molar-refractivity contribution in [2.75, 3.05) is 0 Å². The molecule has 0 saturated carbocycles. The number of carbonyl (C=O) groups is 1. The van der Waals surface area contributed by atoms with Gasteiger partial charge in [-0.25, -0.2) is 0 Å². The Balaban J connectivity index is 2.29. The van der Waals surface area contributed by atoms with Crippen LogP contribution in [0.1, 0.15) is 16.8 Å². The first-order valence-electron chi connectivity index (χ1n) is 5.53. The molecule has 0 aliphatic rings. The SMILES string of the molecule is N#CCC(=O)c1ccccc1Oc1ccccc1. The minimum Gasteiger partial charge on any atom is -0.457 e. The van der Waals surface area contributed by atoms with Gasteiger partial charge >= 0.3 is 0 Å². The van der Waals surface area contributed by atoms with Crippen LogP contribution in [0.15, 0.2) is 54.6 Å². The zero-order valence-electron chi connectivity index (χ0n) is 9.67. The van der Waals surface area contributed by atoms with Gasteiger partial charge in [-0.15, -0.1) is 0 Å². The van der Waals surface area contributed by atoms with Crippen LogP contribution in [0.25, 0.3) is 0 Å². The van der Waals surface area contributed by atoms with Crippen LogP contribution in [0, 0.1) is 11.3 Å². The molecule has 88 valence electrons. The van der Waals surface area contributed by atoms with Crippen molar-refractivity contribution in [3.8, 4) is 17.6 Å². The Morgan fingerprint density at radius 3 is 2.44 bits per heavy atom. The number of nitrogens with zero attached hydrogens (tertiary/aromatic N) is 1. The quantitative estimate of drug-likeness (QED) is 0.764. The molecule has 2 aromatic carbocycles. The van der Waals surface area contributed by atoms with E-state index in [4.69, 9.17) is 10.00 Å². The fourth-order valence-electron chi connectivity index (χ4n) is 1.57. The summed E-state index contributed by atoms with van der Waals surface area (Å²) < 4.78 is 5.65. The van der Waals surface area contributed by atoms with E-state index in [0.29, 0.717) is 17.1 Å². The van der Waals surface area contributed by atoms with Crippen molar-refractivity contribution in [3.05, 3.63) is 60.2 Å². The summed E-state index contributed by atoms with van der Waals surface area (Å²) in [7, 11) is 0. The van der Waals surface area contributed by atoms with Crippen molar-refractivity contribution in [1.82, 2.24) is 0 Å². The number of carbonyl (C=O) groups excluding carboxylic acids is 1. The fraction of sp³-hybridized carbons (Fsp3) is 0.0667. The highest BCUT2D eigenvalue weighted by molar-refractivity contribution is 5.99. The summed E-state index contributed by atoms with van der Waals surface area (Å²) in [5.74, 6) is 0.905. The van der Waals surface area contributed by atoms with Crippen molar-refractivity contribution in [2.24, 2.45) is 0 Å². The molecule has 2 rings (SSSR count). The molecular weight excluding hydrogens is 226 g/mol. The molecule has 0 spiro atoms. The standard InChI is InChI=1S/C15H11NO2/c16-11-10-14(17)13-8-4-5-9-15(13)18-12-6-2-1-3-7-12/h1-9H,10H2. The topological polar surface area (TPSA) is 50.1 Å². The lowest BCUT2D eigenvalue weighted by molar-refractivity contribution is 0.0995. The Labute approximate surface area is 105 Å². The van der Waals surface area contributed by atoms with Crippen molar-refractivity contribution in [1.29, 1.82) is 5.26 Å². The molecule has 0 heterocycles. The highest BCUT2D eigenvalue weighted by Crippen LogP contribution is 2.25. The van der Waals surface area contributed by atoms with E-state index >= 15 is 0 Å². The molecule has 0 amide bonds. The van der Waals surface area contributed by atoms with Crippen LogP contribution in [0.2, 0.25) is 0 Å². The largest absolute Gasteiger partial charge is 0.457 e. The van der Waals surface area contributed by atoms with E-state index in [1.807, 2.05) is 36.4 Å². The van der Waals surface area contributed by atoms with E-state index in [-0.39, 0.29) is 12.2 Å². The van der Waals surface area contributed by atoms with Gasteiger partial charge in [-0.2, -0.15) is 5.26 Å². The Hall–Kier alpha value is -2.60. The molecule has 18 heavy (non-hydrogen) atoms. The summed E-state index contributed by atoms with van der Waals surface area (Å²) in [5.41, 5.74) is 0.433. The summed E-state index contributed by atoms with van der Waals surface area (Å²) in [6, 6.07) is 18.0. The minimum atomic E-state index is -0.232. The summed E-state index contributed by atoms with van der Waals surface area (Å²) in [6.07, 6.45) is -0.144. The zero-order chi connectivity index (χ0) is 12.8. The lowest BCUT2D eigenvalue weighted by Crippen LogP contribution is -2.00. The van der Waals surface area contributed by atoms with E-state index in [0.717, 1.165) is 0 Å². The maximum absolute atomic E-state index is 11.8. The maximum Gasteiger partial charge on any atom is 0.180 e. The minimum absolute atomic E-state index is 0.144. The lowest BCUT2D eigenvalue weighted by Gasteiger charge is -2.09. The maximum atomic E-state index is 11.8. The van der Waals surface area contributed by atoms with Gasteiger partial charge in [0.15, 0.2) is 5.78 Å². The van der Waals surface area contributed by atoms with Crippen LogP contribution in [0.5, 0.6) is 11.5 Å². The van der Waals surface area contributed by atoms with Crippen LogP contribution in [0.3, 0.4) is 0 Å². The average Bonchev–Trinajstić information content (AvgIpc) is 2.41. The van der Waals surface area contributed by atoms with Crippen LogP contribution in [-0.2, 0) is 0 Å². The van der Waals surface area contributed by atoms with Gasteiger partial charge in [-0.05, 0) is 24.3 Å². The second kappa shape index (κ2) is 5.65. The van der Waals surface area contributed by atoms with Gasteiger partial charge in [0.25, 0.3) is 0 Å². The highest BCUT2D eigenvalue weighted by atomic mass is 16.5. The van der Waals surface area contributed by atoms with Crippen LogP contribution >= 0.6 is 0 Å². The van der Waals surface area contributed by atoms with Gasteiger partial charge < -0.3 is 4.74 Å². The average molecular weight is 237 g/mol. The fourth-order valence-corrected chi connectivity index (χ4v) is 1.57. The third-order valence-electron chi connectivity index (χ3n) is 2.40. The number of ether oxygens (including phenoxy) is 1. The van der Waals surface area contributed by atoms with E-state index in [1.165, 1.54) is 0 Å². The molecule has 0 aliphatic carbocycles. The third kappa shape index (κ3) is 2.74. The Bertz CT molecular complexity index is 585. The predicted octanol–water partition coefficient (Wildman–Crippen LogP) is 3.58. The number of ketones is 1. The van der Waals surface area contributed by atoms with E-state index in [9.17, 15) is 4.79 Å². The Morgan fingerprint density at radius 1 is 1.06 bits per heavy atom. The second-order valence-electron chi connectivity index (χ2n) is 3.67. The number of rotatable bonds is 4. The lowest BCUT2D eigenvalue weighted by atomic mass is 10.1. The van der Waals surface area contributed by atoms with Gasteiger partial charge in [0, 0.05) is 0 Å².